The summed E-state index contributed by atoms with van der Waals surface area (Å²) in [6, 6.07) is 12.4. The molecule has 3 nitrogen and oxygen atoms in total. The van der Waals surface area contributed by atoms with E-state index in [-0.39, 0.29) is 6.04 Å². The Labute approximate surface area is 122 Å². The Morgan fingerprint density at radius 2 is 2.20 bits per heavy atom. The molecule has 1 aromatic carbocycles. The smallest absolute Gasteiger partial charge is 0.163 e. The lowest BCUT2D eigenvalue weighted by Gasteiger charge is -2.06. The molecule has 0 aliphatic heterocycles. The van der Waals surface area contributed by atoms with Gasteiger partial charge in [-0.05, 0) is 31.2 Å². The molecule has 0 radical (unpaired) electrons. The van der Waals surface area contributed by atoms with E-state index in [4.69, 9.17) is 4.42 Å². The molecule has 1 N–H and O–H groups in total. The molecular weight excluding hydrogens is 268 g/mol. The van der Waals surface area contributed by atoms with Gasteiger partial charge in [0.2, 0.25) is 0 Å². The van der Waals surface area contributed by atoms with E-state index in [1.54, 1.807) is 11.3 Å². The molecule has 2 aromatic heterocycles. The van der Waals surface area contributed by atoms with E-state index in [0.717, 1.165) is 22.0 Å². The average molecular weight is 284 g/mol. The van der Waals surface area contributed by atoms with E-state index in [1.807, 2.05) is 36.4 Å². The van der Waals surface area contributed by atoms with Crippen LogP contribution in [0.25, 0.3) is 21.0 Å². The first kappa shape index (κ1) is 13.1. The van der Waals surface area contributed by atoms with Gasteiger partial charge in [0, 0.05) is 6.04 Å². The SMILES string of the molecule is C=CC(C)NCc1ccc(-c2nc3ccccc3s2)o1. The Kier molecular flexibility index (Phi) is 3.67. The van der Waals surface area contributed by atoms with E-state index < -0.39 is 0 Å². The van der Waals surface area contributed by atoms with E-state index in [2.05, 4.69) is 29.9 Å². The first-order valence-electron chi connectivity index (χ1n) is 6.57. The van der Waals surface area contributed by atoms with Crippen LogP contribution in [0.4, 0.5) is 0 Å². The zero-order valence-corrected chi connectivity index (χ0v) is 12.1. The van der Waals surface area contributed by atoms with Crippen LogP contribution in [0.3, 0.4) is 0 Å². The molecule has 0 bridgehead atoms. The highest BCUT2D eigenvalue weighted by molar-refractivity contribution is 7.21. The number of thiazole rings is 1. The number of nitrogens with one attached hydrogen (secondary N) is 1. The van der Waals surface area contributed by atoms with Gasteiger partial charge < -0.3 is 9.73 Å². The fraction of sp³-hybridized carbons (Fsp3) is 0.188. The van der Waals surface area contributed by atoms with E-state index in [9.17, 15) is 0 Å². The van der Waals surface area contributed by atoms with Crippen molar-refractivity contribution in [3.8, 4) is 10.8 Å². The second-order valence-electron chi connectivity index (χ2n) is 4.66. The summed E-state index contributed by atoms with van der Waals surface area (Å²) >= 11 is 1.65. The van der Waals surface area contributed by atoms with Crippen molar-refractivity contribution in [3.63, 3.8) is 0 Å². The number of hydrogen-bond acceptors (Lipinski definition) is 4. The molecule has 3 rings (SSSR count). The zero-order chi connectivity index (χ0) is 13.9. The van der Waals surface area contributed by atoms with Crippen molar-refractivity contribution in [2.75, 3.05) is 0 Å². The predicted octanol–water partition coefficient (Wildman–Crippen LogP) is 4.22. The average Bonchev–Trinajstić information content (AvgIpc) is 3.10. The topological polar surface area (TPSA) is 38.1 Å². The van der Waals surface area contributed by atoms with Crippen LogP contribution < -0.4 is 5.32 Å². The van der Waals surface area contributed by atoms with E-state index in [0.29, 0.717) is 6.54 Å². The van der Waals surface area contributed by atoms with Crippen molar-refractivity contribution >= 4 is 21.6 Å². The second-order valence-corrected chi connectivity index (χ2v) is 5.69. The summed E-state index contributed by atoms with van der Waals surface area (Å²) in [5.74, 6) is 1.74. The van der Waals surface area contributed by atoms with Gasteiger partial charge in [0.25, 0.3) is 0 Å². The van der Waals surface area contributed by atoms with E-state index in [1.165, 1.54) is 4.70 Å². The lowest BCUT2D eigenvalue weighted by atomic mass is 10.3. The van der Waals surface area contributed by atoms with Crippen molar-refractivity contribution in [3.05, 3.63) is 54.8 Å². The molecule has 0 amide bonds. The standard InChI is InChI=1S/C16H16N2OS/c1-3-11(2)17-10-12-8-9-14(19-12)16-18-13-6-4-5-7-15(13)20-16/h3-9,11,17H,1,10H2,2H3. The summed E-state index contributed by atoms with van der Waals surface area (Å²) < 4.78 is 7.02. The third-order valence-electron chi connectivity index (χ3n) is 3.12. The summed E-state index contributed by atoms with van der Waals surface area (Å²) in [6.45, 7) is 6.50. The number of aromatic nitrogens is 1. The maximum atomic E-state index is 5.85. The van der Waals surface area contributed by atoms with Gasteiger partial charge in [0.1, 0.15) is 5.76 Å². The highest BCUT2D eigenvalue weighted by Crippen LogP contribution is 2.31. The highest BCUT2D eigenvalue weighted by Gasteiger charge is 2.10. The predicted molar refractivity (Wildman–Crippen MR) is 83.8 cm³/mol. The molecule has 0 fully saturated rings. The van der Waals surface area contributed by atoms with Crippen LogP contribution in [-0.4, -0.2) is 11.0 Å². The third-order valence-corrected chi connectivity index (χ3v) is 4.17. The minimum absolute atomic E-state index is 0.269. The van der Waals surface area contributed by atoms with Gasteiger partial charge in [0.05, 0.1) is 16.8 Å². The molecule has 1 unspecified atom stereocenters. The van der Waals surface area contributed by atoms with Crippen LogP contribution in [0.2, 0.25) is 0 Å². The molecule has 0 saturated carbocycles. The number of hydrogen-bond donors (Lipinski definition) is 1. The number of rotatable bonds is 5. The van der Waals surface area contributed by atoms with Crippen molar-refractivity contribution in [2.24, 2.45) is 0 Å². The van der Waals surface area contributed by atoms with Crippen LogP contribution in [0, 0.1) is 0 Å². The van der Waals surface area contributed by atoms with Crippen molar-refractivity contribution in [2.45, 2.75) is 19.5 Å². The minimum Gasteiger partial charge on any atom is -0.457 e. The lowest BCUT2D eigenvalue weighted by molar-refractivity contribution is 0.483. The summed E-state index contributed by atoms with van der Waals surface area (Å²) in [6.07, 6.45) is 1.87. The third kappa shape index (κ3) is 2.66. The Bertz CT molecular complexity index is 696. The Morgan fingerprint density at radius 1 is 1.35 bits per heavy atom. The summed E-state index contributed by atoms with van der Waals surface area (Å²) in [7, 11) is 0. The summed E-state index contributed by atoms with van der Waals surface area (Å²) in [5, 5.41) is 4.24. The zero-order valence-electron chi connectivity index (χ0n) is 11.3. The normalized spacial score (nSPS) is 12.7. The van der Waals surface area contributed by atoms with Gasteiger partial charge in [0.15, 0.2) is 10.8 Å². The van der Waals surface area contributed by atoms with Gasteiger partial charge >= 0.3 is 0 Å². The van der Waals surface area contributed by atoms with Gasteiger partial charge in [-0.2, -0.15) is 0 Å². The monoisotopic (exact) mass is 284 g/mol. The van der Waals surface area contributed by atoms with Gasteiger partial charge in [-0.25, -0.2) is 4.98 Å². The first-order valence-corrected chi connectivity index (χ1v) is 7.38. The van der Waals surface area contributed by atoms with Crippen LogP contribution in [-0.2, 0) is 6.54 Å². The van der Waals surface area contributed by atoms with E-state index >= 15 is 0 Å². The molecule has 0 spiro atoms. The molecule has 3 aromatic rings. The van der Waals surface area contributed by atoms with Gasteiger partial charge in [-0.15, -0.1) is 17.9 Å². The summed E-state index contributed by atoms with van der Waals surface area (Å²) in [4.78, 5) is 4.60. The first-order chi connectivity index (χ1) is 9.76. The number of benzene rings is 1. The molecule has 20 heavy (non-hydrogen) atoms. The largest absolute Gasteiger partial charge is 0.457 e. The quantitative estimate of drug-likeness (QED) is 0.713. The number of nitrogens with zero attached hydrogens (tertiary/aromatic N) is 1. The van der Waals surface area contributed by atoms with Gasteiger partial charge in [-0.3, -0.25) is 0 Å². The van der Waals surface area contributed by atoms with Crippen LogP contribution in [0.15, 0.2) is 53.5 Å². The molecule has 4 heteroatoms. The fourth-order valence-electron chi connectivity index (χ4n) is 1.91. The maximum absolute atomic E-state index is 5.85. The van der Waals surface area contributed by atoms with Crippen molar-refractivity contribution in [1.29, 1.82) is 0 Å². The molecule has 0 saturated heterocycles. The molecule has 1 atom stereocenters. The maximum Gasteiger partial charge on any atom is 0.163 e. The molecule has 0 aliphatic rings. The Morgan fingerprint density at radius 3 is 3.00 bits per heavy atom. The van der Waals surface area contributed by atoms with Gasteiger partial charge in [-0.1, -0.05) is 18.2 Å². The number of furan rings is 1. The summed E-state index contributed by atoms with van der Waals surface area (Å²) in [5.41, 5.74) is 1.02. The van der Waals surface area contributed by atoms with Crippen LogP contribution in [0.1, 0.15) is 12.7 Å². The molecule has 0 aliphatic carbocycles. The lowest BCUT2D eigenvalue weighted by Crippen LogP contribution is -2.22. The molecule has 102 valence electrons. The minimum atomic E-state index is 0.269. The van der Waals surface area contributed by atoms with Crippen LogP contribution >= 0.6 is 11.3 Å². The molecular formula is C16H16N2OS. The molecule has 2 heterocycles. The Balaban J connectivity index is 1.80. The van der Waals surface area contributed by atoms with Crippen LogP contribution in [0.5, 0.6) is 0 Å². The van der Waals surface area contributed by atoms with Crippen molar-refractivity contribution < 1.29 is 4.42 Å². The fourth-order valence-corrected chi connectivity index (χ4v) is 2.84. The highest BCUT2D eigenvalue weighted by atomic mass is 32.1. The number of para-hydroxylation sites is 1. The number of fused-ring (bicyclic) bond motifs is 1. The van der Waals surface area contributed by atoms with Crippen molar-refractivity contribution in [1.82, 2.24) is 10.3 Å². The Hall–Kier alpha value is -1.91. The second kappa shape index (κ2) is 5.61.